The Morgan fingerprint density at radius 2 is 1.73 bits per heavy atom. The summed E-state index contributed by atoms with van der Waals surface area (Å²) >= 11 is 9.18. The van der Waals surface area contributed by atoms with Crippen LogP contribution in [0.1, 0.15) is 31.2 Å². The molecule has 204 valence electrons. The number of aromatic hydroxyl groups is 1. The molecule has 1 fully saturated rings. The van der Waals surface area contributed by atoms with E-state index >= 15 is 0 Å². The van der Waals surface area contributed by atoms with Gasteiger partial charge in [-0.15, -0.1) is 0 Å². The van der Waals surface area contributed by atoms with Crippen molar-refractivity contribution in [3.8, 4) is 11.5 Å². The fraction of sp³-hybridized carbons (Fsp3) is 0.267. The normalized spacial score (nSPS) is 25.9. The van der Waals surface area contributed by atoms with Crippen LogP contribution in [0, 0.1) is 21.3 Å². The Morgan fingerprint density at radius 3 is 2.40 bits per heavy atom. The number of ketones is 2. The molecule has 4 unspecified atom stereocenters. The van der Waals surface area contributed by atoms with Gasteiger partial charge in [0.05, 0.1) is 29.1 Å². The minimum Gasteiger partial charge on any atom is -0.503 e. The van der Waals surface area contributed by atoms with Crippen molar-refractivity contribution in [3.63, 3.8) is 0 Å². The molecule has 0 radical (unpaired) electrons. The summed E-state index contributed by atoms with van der Waals surface area (Å²) in [5.74, 6) is -3.30. The largest absolute Gasteiger partial charge is 0.503 e. The molecule has 0 bridgehead atoms. The van der Waals surface area contributed by atoms with E-state index in [9.17, 15) is 24.3 Å². The van der Waals surface area contributed by atoms with E-state index in [-0.39, 0.29) is 41.3 Å². The van der Waals surface area contributed by atoms with Gasteiger partial charge < -0.3 is 9.84 Å². The number of halogens is 3. The van der Waals surface area contributed by atoms with Gasteiger partial charge in [0.1, 0.15) is 0 Å². The van der Waals surface area contributed by atoms with Crippen LogP contribution in [0.2, 0.25) is 0 Å². The fourth-order valence-corrected chi connectivity index (χ4v) is 7.85. The highest BCUT2D eigenvalue weighted by Crippen LogP contribution is 2.57. The van der Waals surface area contributed by atoms with Crippen molar-refractivity contribution in [2.75, 3.05) is 12.0 Å². The van der Waals surface area contributed by atoms with Crippen molar-refractivity contribution in [1.82, 2.24) is 0 Å². The molecular weight excluding hydrogens is 757 g/mol. The average Bonchev–Trinajstić information content (AvgIpc) is 3.20. The predicted octanol–water partition coefficient (Wildman–Crippen LogP) is 6.16. The zero-order valence-electron chi connectivity index (χ0n) is 21.3. The summed E-state index contributed by atoms with van der Waals surface area (Å²) in [5, 5.41) is 10.6. The van der Waals surface area contributed by atoms with E-state index in [1.54, 1.807) is 25.1 Å². The molecule has 3 aliphatic carbocycles. The third kappa shape index (κ3) is 4.00. The van der Waals surface area contributed by atoms with Gasteiger partial charge in [-0.25, -0.2) is 0 Å². The average molecular weight is 779 g/mol. The maximum absolute atomic E-state index is 14.0. The summed E-state index contributed by atoms with van der Waals surface area (Å²) in [7, 11) is 1.43. The van der Waals surface area contributed by atoms with Gasteiger partial charge in [0.2, 0.25) is 11.8 Å². The predicted molar refractivity (Wildman–Crippen MR) is 163 cm³/mol. The van der Waals surface area contributed by atoms with Crippen LogP contribution in [0.3, 0.4) is 0 Å². The molecule has 40 heavy (non-hydrogen) atoms. The Balaban J connectivity index is 1.53. The van der Waals surface area contributed by atoms with Gasteiger partial charge in [-0.1, -0.05) is 11.6 Å². The third-order valence-corrected chi connectivity index (χ3v) is 11.2. The number of carbonyl (C=O) groups excluding carboxylic acids is 4. The number of hydrogen-bond acceptors (Lipinski definition) is 6. The summed E-state index contributed by atoms with van der Waals surface area (Å²) in [4.78, 5) is 55.9. The van der Waals surface area contributed by atoms with E-state index in [1.807, 2.05) is 18.2 Å². The molecule has 10 heteroatoms. The maximum Gasteiger partial charge on any atom is 0.238 e. The number of ether oxygens (including phenoxy) is 1. The number of phenols is 1. The number of carbonyl (C=O) groups is 4. The number of benzene rings is 2. The van der Waals surface area contributed by atoms with Crippen molar-refractivity contribution in [2.24, 2.45) is 17.8 Å². The lowest BCUT2D eigenvalue weighted by atomic mass is 9.59. The number of methoxy groups -OCH3 is 1. The Morgan fingerprint density at radius 1 is 1.02 bits per heavy atom. The molecule has 4 aliphatic rings. The molecule has 4 atom stereocenters. The summed E-state index contributed by atoms with van der Waals surface area (Å²) in [6.07, 6.45) is 3.86. The van der Waals surface area contributed by atoms with E-state index in [2.05, 4.69) is 54.5 Å². The zero-order chi connectivity index (χ0) is 28.6. The van der Waals surface area contributed by atoms with Gasteiger partial charge in [0.15, 0.2) is 23.1 Å². The molecular formula is C30H22Br2INO6. The van der Waals surface area contributed by atoms with Crippen molar-refractivity contribution in [1.29, 1.82) is 0 Å². The van der Waals surface area contributed by atoms with Gasteiger partial charge in [-0.3, -0.25) is 24.1 Å². The van der Waals surface area contributed by atoms with Gasteiger partial charge in [0, 0.05) is 30.7 Å². The molecule has 0 aromatic heterocycles. The SMILES string of the molecule is COc1cc(C2C3=CCC4C(=O)N(c5ccc(I)cc5)C(=O)C4C3CC3=C2C(=O)C(C)=CC3=O)c(Br)c(Br)c1O. The van der Waals surface area contributed by atoms with E-state index in [1.165, 1.54) is 18.1 Å². The highest BCUT2D eigenvalue weighted by atomic mass is 127. The number of rotatable bonds is 3. The van der Waals surface area contributed by atoms with Crippen LogP contribution in [0.5, 0.6) is 11.5 Å². The number of Topliss-reactive ketones (excluding diaryl/α,β-unsaturated/α-hetero) is 1. The van der Waals surface area contributed by atoms with E-state index < -0.39 is 23.7 Å². The molecule has 7 nitrogen and oxygen atoms in total. The molecule has 2 amide bonds. The summed E-state index contributed by atoms with van der Waals surface area (Å²) < 4.78 is 7.26. The van der Waals surface area contributed by atoms with Crippen LogP contribution >= 0.6 is 54.5 Å². The van der Waals surface area contributed by atoms with Gasteiger partial charge in [-0.2, -0.15) is 0 Å². The molecule has 1 N–H and O–H groups in total. The van der Waals surface area contributed by atoms with Crippen molar-refractivity contribution < 1.29 is 29.0 Å². The summed E-state index contributed by atoms with van der Waals surface area (Å²) in [6.45, 7) is 1.62. The third-order valence-electron chi connectivity index (χ3n) is 8.35. The zero-order valence-corrected chi connectivity index (χ0v) is 26.7. The summed E-state index contributed by atoms with van der Waals surface area (Å²) in [6, 6.07) is 8.89. The number of allylic oxidation sites excluding steroid dienone is 6. The Labute approximate surface area is 260 Å². The number of amides is 2. The minimum absolute atomic E-state index is 0.107. The molecule has 0 spiro atoms. The monoisotopic (exact) mass is 777 g/mol. The molecule has 2 aromatic rings. The first-order valence-electron chi connectivity index (χ1n) is 12.6. The Hall–Kier alpha value is -2.57. The lowest BCUT2D eigenvalue weighted by Crippen LogP contribution is -2.40. The smallest absolute Gasteiger partial charge is 0.238 e. The van der Waals surface area contributed by atoms with Gasteiger partial charge in [-0.05, 0) is 122 Å². The van der Waals surface area contributed by atoms with E-state index in [0.717, 1.165) is 9.14 Å². The standard InChI is InChI=1S/C30H22Br2INO6/c1-12-9-20(35)18-10-17-15(22(24(18)27(12)36)19-11-21(40-2)28(37)26(32)25(19)31)7-8-16-23(17)30(39)34(29(16)38)14-5-3-13(33)4-6-14/h3-7,9,11,16-17,22-23,37H,8,10H2,1-2H3. The quantitative estimate of drug-likeness (QED) is 0.174. The van der Waals surface area contributed by atoms with Crippen molar-refractivity contribution in [2.45, 2.75) is 25.7 Å². The number of imide groups is 1. The lowest BCUT2D eigenvalue weighted by Gasteiger charge is -2.42. The van der Waals surface area contributed by atoms with Crippen LogP contribution in [0.4, 0.5) is 5.69 Å². The highest BCUT2D eigenvalue weighted by molar-refractivity contribution is 14.1. The van der Waals surface area contributed by atoms with Crippen LogP contribution in [0.15, 0.2) is 73.7 Å². The number of fused-ring (bicyclic) bond motifs is 3. The van der Waals surface area contributed by atoms with Crippen LogP contribution in [0.25, 0.3) is 0 Å². The van der Waals surface area contributed by atoms with Crippen LogP contribution in [-0.2, 0) is 19.2 Å². The van der Waals surface area contributed by atoms with Gasteiger partial charge in [0.25, 0.3) is 0 Å². The molecule has 2 aromatic carbocycles. The topological polar surface area (TPSA) is 101 Å². The lowest BCUT2D eigenvalue weighted by molar-refractivity contribution is -0.123. The Kier molecular flexibility index (Phi) is 6.94. The second kappa shape index (κ2) is 10.1. The summed E-state index contributed by atoms with van der Waals surface area (Å²) in [5.41, 5.74) is 3.05. The second-order valence-electron chi connectivity index (χ2n) is 10.4. The molecule has 1 saturated heterocycles. The van der Waals surface area contributed by atoms with Crippen molar-refractivity contribution in [3.05, 3.63) is 82.9 Å². The van der Waals surface area contributed by atoms with Gasteiger partial charge >= 0.3 is 0 Å². The van der Waals surface area contributed by atoms with Crippen molar-refractivity contribution >= 4 is 83.5 Å². The number of phenolic OH excluding ortho intramolecular Hbond substituents is 1. The van der Waals surface area contributed by atoms with Crippen LogP contribution < -0.4 is 9.64 Å². The van der Waals surface area contributed by atoms with E-state index in [4.69, 9.17) is 4.74 Å². The number of anilines is 1. The molecule has 0 saturated carbocycles. The second-order valence-corrected chi connectivity index (χ2v) is 13.2. The van der Waals surface area contributed by atoms with E-state index in [0.29, 0.717) is 43.3 Å². The maximum atomic E-state index is 14.0. The highest BCUT2D eigenvalue weighted by Gasteiger charge is 2.56. The minimum atomic E-state index is -0.676. The van der Waals surface area contributed by atoms with Crippen LogP contribution in [-0.4, -0.2) is 35.6 Å². The first kappa shape index (κ1) is 27.6. The fourth-order valence-electron chi connectivity index (χ4n) is 6.54. The first-order chi connectivity index (χ1) is 19.0. The Bertz CT molecular complexity index is 1640. The molecule has 1 heterocycles. The number of nitrogens with zero attached hydrogens (tertiary/aromatic N) is 1. The molecule has 6 rings (SSSR count). The number of hydrogen-bond donors (Lipinski definition) is 1. The molecule has 1 aliphatic heterocycles. The first-order valence-corrected chi connectivity index (χ1v) is 15.3.